The Kier molecular flexibility index (Phi) is 16.5. The maximum Gasteiger partial charge on any atom is 0.214 e. The molecule has 0 fully saturated rings. The predicted molar refractivity (Wildman–Crippen MR) is 127 cm³/mol. The van der Waals surface area contributed by atoms with E-state index in [1.807, 2.05) is 27.7 Å². The molecule has 0 radical (unpaired) electrons. The van der Waals surface area contributed by atoms with Crippen LogP contribution in [0.2, 0.25) is 0 Å². The molecule has 186 valence electrons. The first-order valence-corrected chi connectivity index (χ1v) is 14.8. The zero-order valence-electron chi connectivity index (χ0n) is 20.1. The normalized spacial score (nSPS) is 13.3. The van der Waals surface area contributed by atoms with Gasteiger partial charge in [-0.1, -0.05) is 27.2 Å². The highest BCUT2D eigenvalue weighted by atomic mass is 32.2. The molecule has 0 saturated carbocycles. The molecule has 0 atom stereocenters. The standard InChI is InChI=1S/C21H44N2O6S2/c1-6-9-18-31(26,27)23(13-8-3)15-11-17-29-20-21(4)19-28-16-10-14-22(12-7-2)30(5,24)25/h20H,6-19H2,1-5H3/b21-20+. The highest BCUT2D eigenvalue weighted by molar-refractivity contribution is 7.89. The van der Waals surface area contributed by atoms with Crippen LogP contribution >= 0.6 is 0 Å². The maximum atomic E-state index is 12.4. The molecule has 10 heteroatoms. The van der Waals surface area contributed by atoms with Crippen molar-refractivity contribution in [2.24, 2.45) is 0 Å². The van der Waals surface area contributed by atoms with Crippen molar-refractivity contribution < 1.29 is 26.3 Å². The van der Waals surface area contributed by atoms with Gasteiger partial charge < -0.3 is 9.47 Å². The monoisotopic (exact) mass is 484 g/mol. The van der Waals surface area contributed by atoms with Crippen LogP contribution in [-0.4, -0.2) is 83.5 Å². The topological polar surface area (TPSA) is 93.2 Å². The summed E-state index contributed by atoms with van der Waals surface area (Å²) in [5, 5.41) is 0. The van der Waals surface area contributed by atoms with Gasteiger partial charge in [0.1, 0.15) is 0 Å². The lowest BCUT2D eigenvalue weighted by atomic mass is 10.3. The first-order chi connectivity index (χ1) is 14.6. The Morgan fingerprint density at radius 1 is 0.806 bits per heavy atom. The molecule has 8 nitrogen and oxygen atoms in total. The van der Waals surface area contributed by atoms with Crippen LogP contribution in [0.1, 0.15) is 66.2 Å². The molecule has 0 rings (SSSR count). The minimum Gasteiger partial charge on any atom is -0.501 e. The van der Waals surface area contributed by atoms with Crippen molar-refractivity contribution in [3.05, 3.63) is 11.8 Å². The van der Waals surface area contributed by atoms with E-state index in [9.17, 15) is 16.8 Å². The van der Waals surface area contributed by atoms with E-state index in [0.29, 0.717) is 65.3 Å². The SMILES string of the molecule is CCCCS(=O)(=O)N(CCC)CCCO/C=C(\C)COCCCN(CCC)S(C)(=O)=O. The van der Waals surface area contributed by atoms with Gasteiger partial charge in [-0.3, -0.25) is 0 Å². The van der Waals surface area contributed by atoms with Crippen molar-refractivity contribution in [1.29, 1.82) is 0 Å². The maximum absolute atomic E-state index is 12.4. The number of hydrogen-bond donors (Lipinski definition) is 0. The van der Waals surface area contributed by atoms with Gasteiger partial charge in [0.15, 0.2) is 0 Å². The molecule has 0 amide bonds. The number of unbranched alkanes of at least 4 members (excludes halogenated alkanes) is 1. The van der Waals surface area contributed by atoms with E-state index in [0.717, 1.165) is 24.8 Å². The second-order valence-electron chi connectivity index (χ2n) is 7.83. The Hall–Kier alpha value is -0.680. The molecule has 31 heavy (non-hydrogen) atoms. The summed E-state index contributed by atoms with van der Waals surface area (Å²) in [4.78, 5) is 0. The number of nitrogens with zero attached hydrogens (tertiary/aromatic N) is 2. The van der Waals surface area contributed by atoms with Crippen LogP contribution in [0.3, 0.4) is 0 Å². The molecule has 0 unspecified atom stereocenters. The van der Waals surface area contributed by atoms with Gasteiger partial charge in [0, 0.05) is 32.8 Å². The van der Waals surface area contributed by atoms with Crippen LogP contribution in [0.5, 0.6) is 0 Å². The van der Waals surface area contributed by atoms with Crippen LogP contribution in [-0.2, 0) is 29.5 Å². The average molecular weight is 485 g/mol. The second kappa shape index (κ2) is 16.9. The van der Waals surface area contributed by atoms with E-state index in [1.54, 1.807) is 10.6 Å². The molecule has 0 bridgehead atoms. The number of sulfonamides is 2. The molecule has 0 aromatic heterocycles. The van der Waals surface area contributed by atoms with E-state index >= 15 is 0 Å². The Morgan fingerprint density at radius 2 is 1.39 bits per heavy atom. The lowest BCUT2D eigenvalue weighted by Crippen LogP contribution is -2.35. The van der Waals surface area contributed by atoms with E-state index in [2.05, 4.69) is 0 Å². The van der Waals surface area contributed by atoms with Crippen molar-refractivity contribution in [1.82, 2.24) is 8.61 Å². The lowest BCUT2D eigenvalue weighted by Gasteiger charge is -2.21. The molecular formula is C21H44N2O6S2. The van der Waals surface area contributed by atoms with Gasteiger partial charge in [-0.05, 0) is 44.6 Å². The van der Waals surface area contributed by atoms with Crippen LogP contribution < -0.4 is 0 Å². The van der Waals surface area contributed by atoms with Crippen molar-refractivity contribution in [2.75, 3.05) is 58.0 Å². The van der Waals surface area contributed by atoms with Crippen LogP contribution in [0.15, 0.2) is 11.8 Å². The van der Waals surface area contributed by atoms with E-state index in [4.69, 9.17) is 9.47 Å². The summed E-state index contributed by atoms with van der Waals surface area (Å²) in [5.74, 6) is 0.209. The Labute approximate surface area is 191 Å². The summed E-state index contributed by atoms with van der Waals surface area (Å²) < 4.78 is 62.3. The van der Waals surface area contributed by atoms with Crippen molar-refractivity contribution in [3.8, 4) is 0 Å². The molecule has 0 aliphatic rings. The van der Waals surface area contributed by atoms with Crippen LogP contribution in [0.4, 0.5) is 0 Å². The van der Waals surface area contributed by atoms with Crippen LogP contribution in [0.25, 0.3) is 0 Å². The molecule has 0 aromatic carbocycles. The molecule has 0 aliphatic heterocycles. The molecule has 0 aliphatic carbocycles. The van der Waals surface area contributed by atoms with Gasteiger partial charge in [-0.2, -0.15) is 0 Å². The highest BCUT2D eigenvalue weighted by Gasteiger charge is 2.20. The molecule has 0 spiro atoms. The third-order valence-electron chi connectivity index (χ3n) is 4.54. The summed E-state index contributed by atoms with van der Waals surface area (Å²) >= 11 is 0. The third-order valence-corrected chi connectivity index (χ3v) is 7.80. The Morgan fingerprint density at radius 3 is 1.97 bits per heavy atom. The van der Waals surface area contributed by atoms with E-state index in [1.165, 1.54) is 10.6 Å². The van der Waals surface area contributed by atoms with E-state index in [-0.39, 0.29) is 5.75 Å². The van der Waals surface area contributed by atoms with Gasteiger partial charge in [-0.15, -0.1) is 0 Å². The first kappa shape index (κ1) is 30.3. The summed E-state index contributed by atoms with van der Waals surface area (Å²) in [6.07, 6.45) is 7.28. The van der Waals surface area contributed by atoms with Crippen molar-refractivity contribution in [2.45, 2.75) is 66.2 Å². The number of ether oxygens (including phenoxy) is 2. The van der Waals surface area contributed by atoms with Gasteiger partial charge in [-0.25, -0.2) is 25.4 Å². The van der Waals surface area contributed by atoms with Gasteiger partial charge in [0.25, 0.3) is 0 Å². The van der Waals surface area contributed by atoms with E-state index < -0.39 is 20.0 Å². The van der Waals surface area contributed by atoms with Crippen molar-refractivity contribution in [3.63, 3.8) is 0 Å². The molecule has 0 N–H and O–H groups in total. The summed E-state index contributed by atoms with van der Waals surface area (Å²) in [6, 6.07) is 0. The Balaban J connectivity index is 4.14. The third kappa shape index (κ3) is 14.9. The first-order valence-electron chi connectivity index (χ1n) is 11.4. The summed E-state index contributed by atoms with van der Waals surface area (Å²) in [7, 11) is -6.35. The summed E-state index contributed by atoms with van der Waals surface area (Å²) in [5.41, 5.74) is 0.925. The zero-order valence-corrected chi connectivity index (χ0v) is 21.8. The largest absolute Gasteiger partial charge is 0.501 e. The molecule has 0 heterocycles. The molecule has 0 saturated heterocycles. The minimum atomic E-state index is -3.19. The fraction of sp³-hybridized carbons (Fsp3) is 0.905. The zero-order chi connectivity index (χ0) is 23.8. The summed E-state index contributed by atoms with van der Waals surface area (Å²) in [6.45, 7) is 11.2. The lowest BCUT2D eigenvalue weighted by molar-refractivity contribution is 0.143. The van der Waals surface area contributed by atoms with Gasteiger partial charge in [0.05, 0.1) is 31.5 Å². The van der Waals surface area contributed by atoms with Gasteiger partial charge in [0.2, 0.25) is 20.0 Å². The number of hydrogen-bond acceptors (Lipinski definition) is 6. The second-order valence-corrected chi connectivity index (χ2v) is 11.9. The number of rotatable bonds is 20. The smallest absolute Gasteiger partial charge is 0.214 e. The van der Waals surface area contributed by atoms with Crippen molar-refractivity contribution >= 4 is 20.0 Å². The van der Waals surface area contributed by atoms with Gasteiger partial charge >= 0.3 is 0 Å². The molecular weight excluding hydrogens is 440 g/mol. The quantitative estimate of drug-likeness (QED) is 0.195. The Bertz CT molecular complexity index is 693. The minimum absolute atomic E-state index is 0.209. The molecule has 0 aromatic rings. The fourth-order valence-corrected chi connectivity index (χ4v) is 5.68. The average Bonchev–Trinajstić information content (AvgIpc) is 2.69. The highest BCUT2D eigenvalue weighted by Crippen LogP contribution is 2.08. The fourth-order valence-electron chi connectivity index (χ4n) is 2.92. The predicted octanol–water partition coefficient (Wildman–Crippen LogP) is 3.22. The van der Waals surface area contributed by atoms with Crippen LogP contribution in [0, 0.1) is 0 Å².